The van der Waals surface area contributed by atoms with Gasteiger partial charge in [0.2, 0.25) is 11.8 Å². The van der Waals surface area contributed by atoms with Crippen LogP contribution in [0.5, 0.6) is 0 Å². The lowest BCUT2D eigenvalue weighted by atomic mass is 9.94. The van der Waals surface area contributed by atoms with Gasteiger partial charge in [-0.2, -0.15) is 0 Å². The summed E-state index contributed by atoms with van der Waals surface area (Å²) in [6, 6.07) is 20.1. The van der Waals surface area contributed by atoms with Crippen molar-refractivity contribution in [2.75, 3.05) is 11.4 Å². The zero-order valence-electron chi connectivity index (χ0n) is 16.7. The summed E-state index contributed by atoms with van der Waals surface area (Å²) >= 11 is 0. The fraction of sp³-hybridized carbons (Fsp3) is 0.417. The quantitative estimate of drug-likeness (QED) is 0.695. The Morgan fingerprint density at radius 1 is 0.893 bits per heavy atom. The maximum absolute atomic E-state index is 13.1. The largest absolute Gasteiger partial charge is 0.339 e. The SMILES string of the molecule is CC(=O)N(CCC(=O)N(Cc1ccccc1)c1ccccc1)C1CCCCC1. The van der Waals surface area contributed by atoms with E-state index >= 15 is 0 Å². The minimum Gasteiger partial charge on any atom is -0.339 e. The molecule has 1 fully saturated rings. The molecule has 3 rings (SSSR count). The molecule has 0 radical (unpaired) electrons. The number of benzene rings is 2. The highest BCUT2D eigenvalue weighted by Gasteiger charge is 2.25. The fourth-order valence-corrected chi connectivity index (χ4v) is 4.04. The van der Waals surface area contributed by atoms with E-state index in [0.29, 0.717) is 25.6 Å². The average Bonchev–Trinajstić information content (AvgIpc) is 2.74. The average molecular weight is 379 g/mol. The molecule has 2 amide bonds. The second kappa shape index (κ2) is 10.1. The summed E-state index contributed by atoms with van der Waals surface area (Å²) in [7, 11) is 0. The molecule has 4 nitrogen and oxygen atoms in total. The van der Waals surface area contributed by atoms with Crippen molar-refractivity contribution in [3.63, 3.8) is 0 Å². The van der Waals surface area contributed by atoms with E-state index in [4.69, 9.17) is 0 Å². The Morgan fingerprint density at radius 2 is 1.50 bits per heavy atom. The lowest BCUT2D eigenvalue weighted by Gasteiger charge is -2.34. The van der Waals surface area contributed by atoms with Gasteiger partial charge in [0.1, 0.15) is 0 Å². The first-order chi connectivity index (χ1) is 13.6. The monoisotopic (exact) mass is 378 g/mol. The molecule has 1 aliphatic carbocycles. The smallest absolute Gasteiger partial charge is 0.229 e. The van der Waals surface area contributed by atoms with Crippen molar-refractivity contribution in [1.82, 2.24) is 4.90 Å². The Bertz CT molecular complexity index is 755. The van der Waals surface area contributed by atoms with Gasteiger partial charge in [0.05, 0.1) is 6.54 Å². The highest BCUT2D eigenvalue weighted by Crippen LogP contribution is 2.24. The van der Waals surface area contributed by atoms with Crippen molar-refractivity contribution in [2.24, 2.45) is 0 Å². The van der Waals surface area contributed by atoms with Crippen molar-refractivity contribution in [3.8, 4) is 0 Å². The molecule has 2 aromatic rings. The number of hydrogen-bond donors (Lipinski definition) is 0. The molecule has 0 aromatic heterocycles. The Hall–Kier alpha value is -2.62. The standard InChI is InChI=1S/C24H30N2O2/c1-20(27)25(22-13-7-3-8-14-22)18-17-24(28)26(23-15-9-4-10-16-23)19-21-11-5-2-6-12-21/h2,4-6,9-12,15-16,22H,3,7-8,13-14,17-19H2,1H3. The van der Waals surface area contributed by atoms with E-state index in [1.165, 1.54) is 19.3 Å². The molecule has 0 spiro atoms. The van der Waals surface area contributed by atoms with Crippen LogP contribution < -0.4 is 4.90 Å². The molecule has 0 N–H and O–H groups in total. The van der Waals surface area contributed by atoms with Crippen molar-refractivity contribution in [3.05, 3.63) is 66.2 Å². The summed E-state index contributed by atoms with van der Waals surface area (Å²) in [4.78, 5) is 29.1. The zero-order chi connectivity index (χ0) is 19.8. The Labute approximate surface area is 168 Å². The topological polar surface area (TPSA) is 40.6 Å². The molecule has 28 heavy (non-hydrogen) atoms. The maximum atomic E-state index is 13.1. The number of para-hydroxylation sites is 1. The molecular formula is C24H30N2O2. The molecule has 0 bridgehead atoms. The first-order valence-electron chi connectivity index (χ1n) is 10.3. The molecule has 148 valence electrons. The van der Waals surface area contributed by atoms with Crippen LogP contribution in [-0.2, 0) is 16.1 Å². The summed E-state index contributed by atoms with van der Waals surface area (Å²) < 4.78 is 0. The van der Waals surface area contributed by atoms with Crippen LogP contribution in [-0.4, -0.2) is 29.3 Å². The molecule has 0 unspecified atom stereocenters. The van der Waals surface area contributed by atoms with Crippen molar-refractivity contribution in [2.45, 2.75) is 58.0 Å². The van der Waals surface area contributed by atoms with E-state index in [1.807, 2.05) is 70.5 Å². The lowest BCUT2D eigenvalue weighted by molar-refractivity contribution is -0.132. The minimum atomic E-state index is 0.0529. The summed E-state index contributed by atoms with van der Waals surface area (Å²) in [6.07, 6.45) is 6.05. The zero-order valence-corrected chi connectivity index (χ0v) is 16.7. The normalized spacial score (nSPS) is 14.5. The Kier molecular flexibility index (Phi) is 7.24. The molecule has 1 saturated carbocycles. The summed E-state index contributed by atoms with van der Waals surface area (Å²) in [6.45, 7) is 2.65. The molecule has 0 saturated heterocycles. The highest BCUT2D eigenvalue weighted by molar-refractivity contribution is 5.93. The van der Waals surface area contributed by atoms with Crippen LogP contribution >= 0.6 is 0 Å². The van der Waals surface area contributed by atoms with Gasteiger partial charge in [-0.25, -0.2) is 0 Å². The van der Waals surface area contributed by atoms with Gasteiger partial charge in [0.15, 0.2) is 0 Å². The van der Waals surface area contributed by atoms with Crippen LogP contribution in [0, 0.1) is 0 Å². The van der Waals surface area contributed by atoms with Gasteiger partial charge in [-0.15, -0.1) is 0 Å². The van der Waals surface area contributed by atoms with Gasteiger partial charge in [0.25, 0.3) is 0 Å². The first-order valence-corrected chi connectivity index (χ1v) is 10.3. The van der Waals surface area contributed by atoms with Gasteiger partial charge in [-0.05, 0) is 30.5 Å². The highest BCUT2D eigenvalue weighted by atomic mass is 16.2. The van der Waals surface area contributed by atoms with E-state index in [9.17, 15) is 9.59 Å². The number of carbonyl (C=O) groups excluding carboxylic acids is 2. The van der Waals surface area contributed by atoms with Gasteiger partial charge < -0.3 is 9.80 Å². The third-order valence-electron chi connectivity index (χ3n) is 5.54. The third kappa shape index (κ3) is 5.44. The van der Waals surface area contributed by atoms with Crippen molar-refractivity contribution in [1.29, 1.82) is 0 Å². The van der Waals surface area contributed by atoms with E-state index < -0.39 is 0 Å². The van der Waals surface area contributed by atoms with E-state index in [0.717, 1.165) is 24.1 Å². The summed E-state index contributed by atoms with van der Waals surface area (Å²) in [5, 5.41) is 0. The van der Waals surface area contributed by atoms with Crippen LogP contribution in [0.4, 0.5) is 5.69 Å². The number of hydrogen-bond acceptors (Lipinski definition) is 2. The van der Waals surface area contributed by atoms with Crippen molar-refractivity contribution < 1.29 is 9.59 Å². The van der Waals surface area contributed by atoms with E-state index in [2.05, 4.69) is 0 Å². The number of nitrogens with zero attached hydrogens (tertiary/aromatic N) is 2. The molecular weight excluding hydrogens is 348 g/mol. The van der Waals surface area contributed by atoms with Gasteiger partial charge >= 0.3 is 0 Å². The minimum absolute atomic E-state index is 0.0529. The lowest BCUT2D eigenvalue weighted by Crippen LogP contribution is -2.42. The third-order valence-corrected chi connectivity index (χ3v) is 5.54. The van der Waals surface area contributed by atoms with Gasteiger partial charge in [-0.1, -0.05) is 67.8 Å². The van der Waals surface area contributed by atoms with Crippen LogP contribution in [0.3, 0.4) is 0 Å². The summed E-state index contributed by atoms with van der Waals surface area (Å²) in [5.74, 6) is 0.131. The second-order valence-electron chi connectivity index (χ2n) is 7.56. The van der Waals surface area contributed by atoms with Crippen LogP contribution in [0.15, 0.2) is 60.7 Å². The first kappa shape index (κ1) is 20.1. The van der Waals surface area contributed by atoms with Crippen LogP contribution in [0.2, 0.25) is 0 Å². The second-order valence-corrected chi connectivity index (χ2v) is 7.56. The van der Waals surface area contributed by atoms with Crippen LogP contribution in [0.25, 0.3) is 0 Å². The molecule has 2 aromatic carbocycles. The molecule has 0 heterocycles. The van der Waals surface area contributed by atoms with E-state index in [1.54, 1.807) is 6.92 Å². The fourth-order valence-electron chi connectivity index (χ4n) is 4.04. The molecule has 1 aliphatic rings. The number of amides is 2. The predicted octanol–water partition coefficient (Wildman–Crippen LogP) is 4.79. The molecule has 0 atom stereocenters. The van der Waals surface area contributed by atoms with Crippen LogP contribution in [0.1, 0.15) is 51.0 Å². The molecule has 4 heteroatoms. The van der Waals surface area contributed by atoms with Gasteiger partial charge in [-0.3, -0.25) is 9.59 Å². The predicted molar refractivity (Wildman–Crippen MR) is 113 cm³/mol. The van der Waals surface area contributed by atoms with E-state index in [-0.39, 0.29) is 11.8 Å². The number of rotatable bonds is 7. The summed E-state index contributed by atoms with van der Waals surface area (Å²) in [5.41, 5.74) is 1.99. The van der Waals surface area contributed by atoms with Crippen molar-refractivity contribution >= 4 is 17.5 Å². The maximum Gasteiger partial charge on any atom is 0.229 e. The number of anilines is 1. The number of carbonyl (C=O) groups is 2. The Morgan fingerprint density at radius 3 is 2.11 bits per heavy atom. The Balaban J connectivity index is 1.70. The molecule has 0 aliphatic heterocycles. The van der Waals surface area contributed by atoms with Gasteiger partial charge in [0, 0.05) is 31.6 Å².